The highest BCUT2D eigenvalue weighted by Gasteiger charge is 2.58. The number of rotatable bonds is 2. The molecule has 2 rings (SSSR count). The fourth-order valence-electron chi connectivity index (χ4n) is 1.46. The molecule has 0 saturated carbocycles. The van der Waals surface area contributed by atoms with E-state index in [2.05, 4.69) is 9.97 Å². The fourth-order valence-corrected chi connectivity index (χ4v) is 1.46. The van der Waals surface area contributed by atoms with Gasteiger partial charge in [-0.2, -0.15) is 22.0 Å². The van der Waals surface area contributed by atoms with Crippen molar-refractivity contribution in [3.63, 3.8) is 0 Å². The Bertz CT molecular complexity index is 531. The molecule has 0 radical (unpaired) electrons. The van der Waals surface area contributed by atoms with Crippen molar-refractivity contribution in [2.24, 2.45) is 0 Å². The van der Waals surface area contributed by atoms with Gasteiger partial charge in [0.25, 0.3) is 0 Å². The molecule has 0 unspecified atom stereocenters. The van der Waals surface area contributed by atoms with Gasteiger partial charge in [-0.3, -0.25) is 0 Å². The summed E-state index contributed by atoms with van der Waals surface area (Å²) < 4.78 is 62.9. The van der Waals surface area contributed by atoms with Crippen LogP contribution >= 0.6 is 0 Å². The Morgan fingerprint density at radius 1 is 1.06 bits per heavy atom. The molecule has 0 bridgehead atoms. The molecule has 0 aliphatic rings. The van der Waals surface area contributed by atoms with Gasteiger partial charge in [0.15, 0.2) is 0 Å². The van der Waals surface area contributed by atoms with E-state index in [-0.39, 0.29) is 5.56 Å². The number of nitrogens with zero attached hydrogens (tertiary/aromatic N) is 1. The van der Waals surface area contributed by atoms with Crippen LogP contribution in [0, 0.1) is 0 Å². The van der Waals surface area contributed by atoms with E-state index in [1.165, 1.54) is 18.6 Å². The summed E-state index contributed by atoms with van der Waals surface area (Å²) in [7, 11) is 0. The third kappa shape index (κ3) is 2.07. The van der Waals surface area contributed by atoms with Gasteiger partial charge in [0.2, 0.25) is 0 Å². The van der Waals surface area contributed by atoms with Gasteiger partial charge < -0.3 is 4.98 Å². The number of nitrogens with one attached hydrogen (secondary N) is 1. The Balaban J connectivity index is 2.46. The lowest BCUT2D eigenvalue weighted by Gasteiger charge is -2.20. The third-order valence-corrected chi connectivity index (χ3v) is 2.39. The van der Waals surface area contributed by atoms with Gasteiger partial charge in [-0.05, 0) is 6.07 Å². The van der Waals surface area contributed by atoms with Crippen molar-refractivity contribution in [1.82, 2.24) is 9.97 Å². The zero-order valence-electron chi connectivity index (χ0n) is 8.80. The van der Waals surface area contributed by atoms with E-state index in [4.69, 9.17) is 0 Å². The summed E-state index contributed by atoms with van der Waals surface area (Å²) >= 11 is 0. The molecular formula is C11H7F5N2. The molecule has 18 heavy (non-hydrogen) atoms. The minimum absolute atomic E-state index is 0.217. The highest BCUT2D eigenvalue weighted by molar-refractivity contribution is 5.59. The van der Waals surface area contributed by atoms with E-state index in [9.17, 15) is 22.0 Å². The number of halogens is 5. The van der Waals surface area contributed by atoms with E-state index < -0.39 is 17.7 Å². The second kappa shape index (κ2) is 4.08. The number of alkyl halides is 5. The van der Waals surface area contributed by atoms with Gasteiger partial charge in [-0.25, -0.2) is 4.98 Å². The standard InChI is InChI=1S/C11H7F5N2/c12-10(13,11(14,15)16)8-3-1-2-7(4-8)9-5-17-6-18-9/h1-6H,(H,17,18). The predicted octanol–water partition coefficient (Wildman–Crippen LogP) is 3.73. The Hall–Kier alpha value is -1.92. The monoisotopic (exact) mass is 262 g/mol. The lowest BCUT2D eigenvalue weighted by atomic mass is 10.0. The molecule has 1 heterocycles. The second-order valence-corrected chi connectivity index (χ2v) is 3.62. The van der Waals surface area contributed by atoms with Crippen LogP contribution in [0.1, 0.15) is 5.56 Å². The number of benzene rings is 1. The molecule has 1 aromatic carbocycles. The van der Waals surface area contributed by atoms with Gasteiger partial charge >= 0.3 is 12.1 Å². The molecule has 2 nitrogen and oxygen atoms in total. The smallest absolute Gasteiger partial charge is 0.345 e. The minimum Gasteiger partial charge on any atom is -0.345 e. The van der Waals surface area contributed by atoms with Crippen molar-refractivity contribution in [2.45, 2.75) is 12.1 Å². The quantitative estimate of drug-likeness (QED) is 0.821. The number of H-pyrrole nitrogens is 1. The summed E-state index contributed by atoms with van der Waals surface area (Å²) in [6.45, 7) is 0. The summed E-state index contributed by atoms with van der Waals surface area (Å²) in [6, 6.07) is 4.10. The van der Waals surface area contributed by atoms with Crippen LogP contribution in [0.2, 0.25) is 0 Å². The number of aromatic amines is 1. The normalized spacial score (nSPS) is 12.7. The van der Waals surface area contributed by atoms with Crippen molar-refractivity contribution in [3.05, 3.63) is 42.4 Å². The highest BCUT2D eigenvalue weighted by Crippen LogP contribution is 2.44. The van der Waals surface area contributed by atoms with E-state index in [0.717, 1.165) is 18.2 Å². The maximum absolute atomic E-state index is 13.1. The Kier molecular flexibility index (Phi) is 2.84. The van der Waals surface area contributed by atoms with Gasteiger partial charge in [-0.1, -0.05) is 18.2 Å². The average molecular weight is 262 g/mol. The molecule has 1 N–H and O–H groups in total. The summed E-state index contributed by atoms with van der Waals surface area (Å²) in [6.07, 6.45) is -2.96. The van der Waals surface area contributed by atoms with E-state index >= 15 is 0 Å². The maximum Gasteiger partial charge on any atom is 0.458 e. The third-order valence-electron chi connectivity index (χ3n) is 2.39. The van der Waals surface area contributed by atoms with Gasteiger partial charge in [0, 0.05) is 11.1 Å². The molecule has 0 aliphatic heterocycles. The molecule has 2 aromatic rings. The Morgan fingerprint density at radius 2 is 1.78 bits per heavy atom. The summed E-state index contributed by atoms with van der Waals surface area (Å²) in [5.74, 6) is -4.87. The van der Waals surface area contributed by atoms with Crippen molar-refractivity contribution < 1.29 is 22.0 Å². The molecule has 1 aromatic heterocycles. The number of hydrogen-bond acceptors (Lipinski definition) is 1. The van der Waals surface area contributed by atoms with Crippen LogP contribution < -0.4 is 0 Å². The molecule has 0 aliphatic carbocycles. The number of aromatic nitrogens is 2. The molecule has 0 fully saturated rings. The first-order chi connectivity index (χ1) is 8.32. The Labute approximate surface area is 98.5 Å². The topological polar surface area (TPSA) is 28.7 Å². The summed E-state index contributed by atoms with van der Waals surface area (Å²) in [5.41, 5.74) is -0.508. The zero-order chi connectivity index (χ0) is 13.4. The van der Waals surface area contributed by atoms with Crippen LogP contribution in [0.3, 0.4) is 0 Å². The van der Waals surface area contributed by atoms with E-state index in [0.29, 0.717) is 5.69 Å². The Morgan fingerprint density at radius 3 is 2.33 bits per heavy atom. The summed E-state index contributed by atoms with van der Waals surface area (Å²) in [5, 5.41) is 0. The summed E-state index contributed by atoms with van der Waals surface area (Å²) in [4.78, 5) is 6.31. The average Bonchev–Trinajstić information content (AvgIpc) is 2.81. The van der Waals surface area contributed by atoms with Crippen LogP contribution in [0.4, 0.5) is 22.0 Å². The largest absolute Gasteiger partial charge is 0.458 e. The highest BCUT2D eigenvalue weighted by atomic mass is 19.4. The molecule has 0 spiro atoms. The van der Waals surface area contributed by atoms with Crippen LogP contribution in [0.5, 0.6) is 0 Å². The number of imidazole rings is 1. The SMILES string of the molecule is FC(F)(F)C(F)(F)c1cccc(-c2cnc[nH]2)c1. The van der Waals surface area contributed by atoms with Crippen LogP contribution in [-0.2, 0) is 5.92 Å². The number of hydrogen-bond donors (Lipinski definition) is 1. The first-order valence-corrected chi connectivity index (χ1v) is 4.86. The zero-order valence-corrected chi connectivity index (χ0v) is 8.80. The lowest BCUT2D eigenvalue weighted by molar-refractivity contribution is -0.289. The van der Waals surface area contributed by atoms with Gasteiger partial charge in [0.1, 0.15) is 0 Å². The first-order valence-electron chi connectivity index (χ1n) is 4.86. The van der Waals surface area contributed by atoms with Crippen molar-refractivity contribution in [2.75, 3.05) is 0 Å². The maximum atomic E-state index is 13.1. The molecule has 96 valence electrons. The van der Waals surface area contributed by atoms with Crippen molar-refractivity contribution >= 4 is 0 Å². The molecule has 0 saturated heterocycles. The first kappa shape index (κ1) is 12.5. The van der Waals surface area contributed by atoms with E-state index in [1.54, 1.807) is 0 Å². The second-order valence-electron chi connectivity index (χ2n) is 3.62. The predicted molar refractivity (Wildman–Crippen MR) is 54.0 cm³/mol. The van der Waals surface area contributed by atoms with Crippen LogP contribution in [0.25, 0.3) is 11.3 Å². The van der Waals surface area contributed by atoms with Gasteiger partial charge in [-0.15, -0.1) is 0 Å². The molecule has 7 heteroatoms. The molecular weight excluding hydrogens is 255 g/mol. The lowest BCUT2D eigenvalue weighted by Crippen LogP contribution is -2.33. The van der Waals surface area contributed by atoms with Crippen LogP contribution in [0.15, 0.2) is 36.8 Å². The molecule has 0 amide bonds. The van der Waals surface area contributed by atoms with Crippen molar-refractivity contribution in [1.29, 1.82) is 0 Å². The fraction of sp³-hybridized carbons (Fsp3) is 0.182. The molecule has 0 atom stereocenters. The minimum atomic E-state index is -5.61. The van der Waals surface area contributed by atoms with Crippen LogP contribution in [-0.4, -0.2) is 16.1 Å². The van der Waals surface area contributed by atoms with Gasteiger partial charge in [0.05, 0.1) is 18.2 Å². The van der Waals surface area contributed by atoms with Crippen molar-refractivity contribution in [3.8, 4) is 11.3 Å². The van der Waals surface area contributed by atoms with E-state index in [1.807, 2.05) is 0 Å².